The fourth-order valence-corrected chi connectivity index (χ4v) is 4.59. The van der Waals surface area contributed by atoms with Gasteiger partial charge in [-0.3, -0.25) is 9.52 Å². The van der Waals surface area contributed by atoms with Crippen LogP contribution in [0.5, 0.6) is 5.75 Å². The average molecular weight is 475 g/mol. The lowest BCUT2D eigenvalue weighted by Gasteiger charge is -2.28. The summed E-state index contributed by atoms with van der Waals surface area (Å²) in [5, 5.41) is 2.65. The highest BCUT2D eigenvalue weighted by Gasteiger charge is 2.33. The predicted octanol–water partition coefficient (Wildman–Crippen LogP) is 4.27. The molecular formula is C18H17BrF2N2O4S. The van der Waals surface area contributed by atoms with E-state index in [0.717, 1.165) is 18.2 Å². The molecule has 1 amide bonds. The summed E-state index contributed by atoms with van der Waals surface area (Å²) in [6, 6.07) is 5.49. The monoisotopic (exact) mass is 474 g/mol. The number of carbonyl (C=O) groups is 1. The molecule has 0 aliphatic carbocycles. The van der Waals surface area contributed by atoms with Crippen molar-refractivity contribution in [3.8, 4) is 5.75 Å². The third-order valence-electron chi connectivity index (χ3n) is 3.98. The second-order valence-corrected chi connectivity index (χ2v) is 9.31. The van der Waals surface area contributed by atoms with Crippen molar-refractivity contribution in [1.29, 1.82) is 0 Å². The Morgan fingerprint density at radius 2 is 1.93 bits per heavy atom. The fourth-order valence-electron chi connectivity index (χ4n) is 2.74. The number of amides is 1. The molecule has 0 saturated carbocycles. The van der Waals surface area contributed by atoms with Crippen LogP contribution in [0.25, 0.3) is 0 Å². The minimum atomic E-state index is -4.22. The molecular weight excluding hydrogens is 458 g/mol. The van der Waals surface area contributed by atoms with Gasteiger partial charge in [-0.1, -0.05) is 29.8 Å². The first-order valence-electron chi connectivity index (χ1n) is 8.36. The van der Waals surface area contributed by atoms with E-state index in [1.165, 1.54) is 12.1 Å². The fraction of sp³-hybridized carbons (Fsp3) is 0.278. The molecule has 0 saturated heterocycles. The van der Waals surface area contributed by atoms with Crippen LogP contribution in [0.1, 0.15) is 20.3 Å². The zero-order chi connectivity index (χ0) is 20.6. The molecule has 1 atom stereocenters. The van der Waals surface area contributed by atoms with Crippen LogP contribution in [0.15, 0.2) is 39.7 Å². The molecule has 150 valence electrons. The summed E-state index contributed by atoms with van der Waals surface area (Å²) in [6.45, 7) is 3.83. The quantitative estimate of drug-likeness (QED) is 0.677. The van der Waals surface area contributed by atoms with Gasteiger partial charge in [0.2, 0.25) is 0 Å². The third kappa shape index (κ3) is 4.27. The van der Waals surface area contributed by atoms with E-state index in [1.54, 1.807) is 0 Å². The molecule has 6 nitrogen and oxygen atoms in total. The van der Waals surface area contributed by atoms with Gasteiger partial charge in [-0.2, -0.15) is 0 Å². The van der Waals surface area contributed by atoms with Gasteiger partial charge in [0.05, 0.1) is 11.4 Å². The van der Waals surface area contributed by atoms with Gasteiger partial charge in [0.1, 0.15) is 4.90 Å². The molecule has 2 N–H and O–H groups in total. The second kappa shape index (κ2) is 7.67. The SMILES string of the molecule is CC(C)CC1Oc2c(cc(Br)cc2S(=O)(=O)Nc2ccc(F)c(F)c2)NC1=O. The summed E-state index contributed by atoms with van der Waals surface area (Å²) < 4.78 is 60.6. The molecule has 10 heteroatoms. The minimum Gasteiger partial charge on any atom is -0.477 e. The zero-order valence-electron chi connectivity index (χ0n) is 14.9. The lowest BCUT2D eigenvalue weighted by Crippen LogP contribution is -2.38. The summed E-state index contributed by atoms with van der Waals surface area (Å²) in [7, 11) is -4.22. The van der Waals surface area contributed by atoms with Gasteiger partial charge >= 0.3 is 0 Å². The number of fused-ring (bicyclic) bond motifs is 1. The molecule has 0 fully saturated rings. The minimum absolute atomic E-state index is 0.0106. The number of hydrogen-bond donors (Lipinski definition) is 2. The highest BCUT2D eigenvalue weighted by molar-refractivity contribution is 9.10. The number of ether oxygens (including phenoxy) is 1. The van der Waals surface area contributed by atoms with Crippen molar-refractivity contribution in [1.82, 2.24) is 0 Å². The van der Waals surface area contributed by atoms with Crippen molar-refractivity contribution in [3.05, 3.63) is 46.4 Å². The second-order valence-electron chi connectivity index (χ2n) is 6.74. The van der Waals surface area contributed by atoms with Gasteiger partial charge < -0.3 is 10.1 Å². The third-order valence-corrected chi connectivity index (χ3v) is 5.82. The van der Waals surface area contributed by atoms with Crippen LogP contribution in [-0.2, 0) is 14.8 Å². The highest BCUT2D eigenvalue weighted by atomic mass is 79.9. The van der Waals surface area contributed by atoms with E-state index >= 15 is 0 Å². The average Bonchev–Trinajstić information content (AvgIpc) is 2.58. The Kier molecular flexibility index (Phi) is 5.62. The summed E-state index contributed by atoms with van der Waals surface area (Å²) in [5.74, 6) is -2.50. The van der Waals surface area contributed by atoms with Crippen molar-refractivity contribution >= 4 is 43.2 Å². The number of halogens is 3. The van der Waals surface area contributed by atoms with Crippen LogP contribution in [0.2, 0.25) is 0 Å². The van der Waals surface area contributed by atoms with E-state index < -0.39 is 27.8 Å². The zero-order valence-corrected chi connectivity index (χ0v) is 17.3. The predicted molar refractivity (Wildman–Crippen MR) is 104 cm³/mol. The molecule has 0 radical (unpaired) electrons. The van der Waals surface area contributed by atoms with Crippen LogP contribution < -0.4 is 14.8 Å². The van der Waals surface area contributed by atoms with E-state index in [-0.39, 0.29) is 33.8 Å². The lowest BCUT2D eigenvalue weighted by atomic mass is 10.0. The summed E-state index contributed by atoms with van der Waals surface area (Å²) in [6.07, 6.45) is -0.442. The Labute approximate surface area is 169 Å². The maximum atomic E-state index is 13.4. The molecule has 3 rings (SSSR count). The molecule has 1 aliphatic rings. The largest absolute Gasteiger partial charge is 0.477 e. The molecule has 1 aliphatic heterocycles. The van der Waals surface area contributed by atoms with Crippen LogP contribution in [0, 0.1) is 17.6 Å². The molecule has 0 bridgehead atoms. The number of carbonyl (C=O) groups excluding carboxylic acids is 1. The van der Waals surface area contributed by atoms with E-state index in [2.05, 4.69) is 26.0 Å². The van der Waals surface area contributed by atoms with E-state index in [0.29, 0.717) is 10.9 Å². The topological polar surface area (TPSA) is 84.5 Å². The smallest absolute Gasteiger partial charge is 0.265 e. The van der Waals surface area contributed by atoms with Gasteiger partial charge in [-0.15, -0.1) is 0 Å². The van der Waals surface area contributed by atoms with Crippen molar-refractivity contribution in [2.45, 2.75) is 31.3 Å². The molecule has 2 aromatic carbocycles. The summed E-state index contributed by atoms with van der Waals surface area (Å²) in [4.78, 5) is 12.0. The van der Waals surface area contributed by atoms with Crippen molar-refractivity contribution in [2.75, 3.05) is 10.0 Å². The molecule has 28 heavy (non-hydrogen) atoms. The van der Waals surface area contributed by atoms with Gasteiger partial charge in [0.25, 0.3) is 15.9 Å². The Bertz CT molecular complexity index is 1040. The van der Waals surface area contributed by atoms with Gasteiger partial charge in [-0.05, 0) is 36.6 Å². The van der Waals surface area contributed by atoms with Crippen molar-refractivity contribution in [2.24, 2.45) is 5.92 Å². The molecule has 1 unspecified atom stereocenters. The maximum Gasteiger partial charge on any atom is 0.265 e. The van der Waals surface area contributed by atoms with E-state index in [9.17, 15) is 22.0 Å². The van der Waals surface area contributed by atoms with Crippen molar-refractivity contribution in [3.63, 3.8) is 0 Å². The lowest BCUT2D eigenvalue weighted by molar-refractivity contribution is -0.124. The summed E-state index contributed by atoms with van der Waals surface area (Å²) in [5.41, 5.74) is 0.0521. The standard InChI is InChI=1S/C18H17BrF2N2O4S/c1-9(2)5-15-18(24)22-14-6-10(19)7-16(17(14)27-15)28(25,26)23-11-3-4-12(20)13(21)8-11/h3-4,6-9,15,23H,5H2,1-2H3,(H,22,24). The van der Waals surface area contributed by atoms with Gasteiger partial charge in [0, 0.05) is 10.5 Å². The van der Waals surface area contributed by atoms with Crippen LogP contribution in [0.4, 0.5) is 20.2 Å². The first-order chi connectivity index (χ1) is 13.1. The first-order valence-corrected chi connectivity index (χ1v) is 10.6. The Hall–Kier alpha value is -2.20. The van der Waals surface area contributed by atoms with Crippen LogP contribution in [-0.4, -0.2) is 20.4 Å². The van der Waals surface area contributed by atoms with E-state index in [4.69, 9.17) is 4.74 Å². The molecule has 0 spiro atoms. The van der Waals surface area contributed by atoms with Crippen LogP contribution in [0.3, 0.4) is 0 Å². The Morgan fingerprint density at radius 3 is 2.57 bits per heavy atom. The number of benzene rings is 2. The number of sulfonamides is 1. The van der Waals surface area contributed by atoms with Gasteiger partial charge in [0.15, 0.2) is 23.5 Å². The maximum absolute atomic E-state index is 13.4. The van der Waals surface area contributed by atoms with E-state index in [1.807, 2.05) is 13.8 Å². The summed E-state index contributed by atoms with van der Waals surface area (Å²) >= 11 is 3.21. The molecule has 0 aromatic heterocycles. The molecule has 1 heterocycles. The van der Waals surface area contributed by atoms with Crippen molar-refractivity contribution < 1.29 is 26.7 Å². The normalized spacial score (nSPS) is 16.4. The number of hydrogen-bond acceptors (Lipinski definition) is 4. The Balaban J connectivity index is 2.02. The highest BCUT2D eigenvalue weighted by Crippen LogP contribution is 2.40. The Morgan fingerprint density at radius 1 is 1.21 bits per heavy atom. The molecule has 2 aromatic rings. The van der Waals surface area contributed by atoms with Gasteiger partial charge in [-0.25, -0.2) is 17.2 Å². The number of nitrogens with one attached hydrogen (secondary N) is 2. The van der Waals surface area contributed by atoms with Crippen LogP contribution >= 0.6 is 15.9 Å². The number of anilines is 2. The number of rotatable bonds is 5. The first kappa shape index (κ1) is 20.5.